The lowest BCUT2D eigenvalue weighted by Crippen LogP contribution is -2.24. The first kappa shape index (κ1) is 15.2. The summed E-state index contributed by atoms with van der Waals surface area (Å²) in [5, 5.41) is 5.18. The third-order valence-electron chi connectivity index (χ3n) is 3.56. The third-order valence-corrected chi connectivity index (χ3v) is 6.80. The number of thioether (sulfide) groups is 2. The van der Waals surface area contributed by atoms with Crippen molar-refractivity contribution in [1.29, 1.82) is 0 Å². The summed E-state index contributed by atoms with van der Waals surface area (Å²) in [6.07, 6.45) is 2.08. The van der Waals surface area contributed by atoms with Crippen LogP contribution in [0.1, 0.15) is 56.5 Å². The van der Waals surface area contributed by atoms with Crippen molar-refractivity contribution in [2.24, 2.45) is 5.73 Å². The van der Waals surface area contributed by atoms with Crippen LogP contribution in [-0.2, 0) is 0 Å². The monoisotopic (exact) mass is 301 g/mol. The maximum atomic E-state index is 5.98. The predicted octanol–water partition coefficient (Wildman–Crippen LogP) is 3.21. The molecule has 0 aliphatic carbocycles. The number of nitrogens with two attached hydrogens (primary N) is 1. The number of rotatable bonds is 5. The Bertz CT molecular complexity index is 397. The molecule has 2 heterocycles. The minimum Gasteiger partial charge on any atom is -0.339 e. The second kappa shape index (κ2) is 6.99. The van der Waals surface area contributed by atoms with E-state index >= 15 is 0 Å². The van der Waals surface area contributed by atoms with Crippen molar-refractivity contribution in [1.82, 2.24) is 10.1 Å². The SMILES string of the molecule is CCC1SCCSC1c1noc(C(CC)C(C)N)n1. The molecule has 108 valence electrons. The molecule has 1 aliphatic rings. The van der Waals surface area contributed by atoms with Gasteiger partial charge in [0.05, 0.1) is 11.2 Å². The minimum atomic E-state index is 0.0497. The molecule has 4 nitrogen and oxygen atoms in total. The van der Waals surface area contributed by atoms with Crippen LogP contribution in [0, 0.1) is 0 Å². The van der Waals surface area contributed by atoms with E-state index in [1.807, 2.05) is 30.4 Å². The summed E-state index contributed by atoms with van der Waals surface area (Å²) in [6, 6.07) is 0.0497. The molecule has 1 aromatic heterocycles. The van der Waals surface area contributed by atoms with Crippen molar-refractivity contribution < 1.29 is 4.52 Å². The molecule has 0 bridgehead atoms. The quantitative estimate of drug-likeness (QED) is 0.901. The van der Waals surface area contributed by atoms with Gasteiger partial charge in [-0.05, 0) is 19.8 Å². The molecular formula is C13H23N3OS2. The fraction of sp³-hybridized carbons (Fsp3) is 0.846. The first-order valence-corrected chi connectivity index (χ1v) is 9.09. The average molecular weight is 301 g/mol. The van der Waals surface area contributed by atoms with Gasteiger partial charge in [0.15, 0.2) is 5.82 Å². The van der Waals surface area contributed by atoms with Crippen LogP contribution in [0.5, 0.6) is 0 Å². The highest BCUT2D eigenvalue weighted by Gasteiger charge is 2.31. The van der Waals surface area contributed by atoms with Gasteiger partial charge in [-0.15, -0.1) is 11.8 Å². The van der Waals surface area contributed by atoms with Crippen molar-refractivity contribution in [2.45, 2.75) is 56.1 Å². The number of hydrogen-bond acceptors (Lipinski definition) is 6. The molecule has 1 saturated heterocycles. The van der Waals surface area contributed by atoms with Crippen LogP contribution < -0.4 is 5.73 Å². The zero-order valence-corrected chi connectivity index (χ0v) is 13.5. The lowest BCUT2D eigenvalue weighted by molar-refractivity contribution is 0.330. The highest BCUT2D eigenvalue weighted by molar-refractivity contribution is 8.06. The predicted molar refractivity (Wildman–Crippen MR) is 82.7 cm³/mol. The molecule has 2 N–H and O–H groups in total. The lowest BCUT2D eigenvalue weighted by atomic mass is 9.99. The molecule has 19 heavy (non-hydrogen) atoms. The molecule has 0 saturated carbocycles. The summed E-state index contributed by atoms with van der Waals surface area (Å²) in [5.74, 6) is 4.13. The van der Waals surface area contributed by atoms with Crippen molar-refractivity contribution >= 4 is 23.5 Å². The van der Waals surface area contributed by atoms with Crippen LogP contribution in [-0.4, -0.2) is 32.9 Å². The molecule has 4 atom stereocenters. The van der Waals surface area contributed by atoms with E-state index in [9.17, 15) is 0 Å². The minimum absolute atomic E-state index is 0.0497. The Hall–Kier alpha value is -0.200. The van der Waals surface area contributed by atoms with Gasteiger partial charge in [0, 0.05) is 22.8 Å². The van der Waals surface area contributed by atoms with Crippen LogP contribution in [0.15, 0.2) is 4.52 Å². The number of nitrogens with zero attached hydrogens (tertiary/aromatic N) is 2. The Morgan fingerprint density at radius 3 is 2.74 bits per heavy atom. The van der Waals surface area contributed by atoms with E-state index in [-0.39, 0.29) is 12.0 Å². The Kier molecular flexibility index (Phi) is 5.59. The molecule has 4 unspecified atom stereocenters. The van der Waals surface area contributed by atoms with Crippen LogP contribution in [0.2, 0.25) is 0 Å². The molecule has 1 aromatic rings. The van der Waals surface area contributed by atoms with Gasteiger partial charge in [0.25, 0.3) is 0 Å². The van der Waals surface area contributed by atoms with Crippen molar-refractivity contribution in [2.75, 3.05) is 11.5 Å². The summed E-state index contributed by atoms with van der Waals surface area (Å²) in [4.78, 5) is 4.63. The summed E-state index contributed by atoms with van der Waals surface area (Å²) < 4.78 is 5.46. The highest BCUT2D eigenvalue weighted by atomic mass is 32.2. The first-order valence-electron chi connectivity index (χ1n) is 6.99. The third kappa shape index (κ3) is 3.47. The van der Waals surface area contributed by atoms with Gasteiger partial charge in [-0.3, -0.25) is 0 Å². The summed E-state index contributed by atoms with van der Waals surface area (Å²) >= 11 is 3.98. The van der Waals surface area contributed by atoms with Gasteiger partial charge < -0.3 is 10.3 Å². The first-order chi connectivity index (χ1) is 9.17. The molecule has 0 aromatic carbocycles. The smallest absolute Gasteiger partial charge is 0.231 e. The van der Waals surface area contributed by atoms with Crippen molar-refractivity contribution in [3.05, 3.63) is 11.7 Å². The van der Waals surface area contributed by atoms with E-state index in [2.05, 4.69) is 24.0 Å². The summed E-state index contributed by atoms with van der Waals surface area (Å²) in [5.41, 5.74) is 5.98. The molecule has 1 fully saturated rings. The van der Waals surface area contributed by atoms with Crippen LogP contribution in [0.25, 0.3) is 0 Å². The van der Waals surface area contributed by atoms with Crippen LogP contribution in [0.3, 0.4) is 0 Å². The molecule has 6 heteroatoms. The topological polar surface area (TPSA) is 64.9 Å². The van der Waals surface area contributed by atoms with E-state index in [0.29, 0.717) is 16.4 Å². The zero-order chi connectivity index (χ0) is 13.8. The lowest BCUT2D eigenvalue weighted by Gasteiger charge is -2.27. The number of aromatic nitrogens is 2. The molecule has 0 radical (unpaired) electrons. The van der Waals surface area contributed by atoms with Crippen LogP contribution >= 0.6 is 23.5 Å². The van der Waals surface area contributed by atoms with Gasteiger partial charge in [-0.2, -0.15) is 16.7 Å². The Balaban J connectivity index is 2.15. The van der Waals surface area contributed by atoms with E-state index in [1.54, 1.807) is 0 Å². The van der Waals surface area contributed by atoms with E-state index < -0.39 is 0 Å². The van der Waals surface area contributed by atoms with E-state index in [1.165, 1.54) is 11.5 Å². The second-order valence-electron chi connectivity index (χ2n) is 4.97. The molecule has 0 spiro atoms. The Labute approximate surface area is 123 Å². The molecule has 0 amide bonds. The Morgan fingerprint density at radius 2 is 2.11 bits per heavy atom. The standard InChI is InChI=1S/C13H23N3OS2/c1-4-9(8(3)14)13-15-12(16-17-13)11-10(5-2)18-6-7-19-11/h8-11H,4-7,14H2,1-3H3. The van der Waals surface area contributed by atoms with E-state index in [4.69, 9.17) is 10.3 Å². The van der Waals surface area contributed by atoms with Gasteiger partial charge >= 0.3 is 0 Å². The zero-order valence-electron chi connectivity index (χ0n) is 11.8. The summed E-state index contributed by atoms with van der Waals surface area (Å²) in [7, 11) is 0. The number of hydrogen-bond donors (Lipinski definition) is 1. The fourth-order valence-corrected chi connectivity index (χ4v) is 5.41. The van der Waals surface area contributed by atoms with Gasteiger partial charge in [-0.1, -0.05) is 19.0 Å². The van der Waals surface area contributed by atoms with Gasteiger partial charge in [0.2, 0.25) is 5.89 Å². The maximum Gasteiger partial charge on any atom is 0.231 e. The summed E-state index contributed by atoms with van der Waals surface area (Å²) in [6.45, 7) is 6.34. The van der Waals surface area contributed by atoms with Gasteiger partial charge in [0.1, 0.15) is 0 Å². The highest BCUT2D eigenvalue weighted by Crippen LogP contribution is 2.43. The van der Waals surface area contributed by atoms with E-state index in [0.717, 1.165) is 18.7 Å². The molecule has 2 rings (SSSR count). The maximum absolute atomic E-state index is 5.98. The largest absolute Gasteiger partial charge is 0.339 e. The molecular weight excluding hydrogens is 278 g/mol. The second-order valence-corrected chi connectivity index (χ2v) is 7.57. The van der Waals surface area contributed by atoms with Gasteiger partial charge in [-0.25, -0.2) is 0 Å². The average Bonchev–Trinajstić information content (AvgIpc) is 2.88. The molecule has 1 aliphatic heterocycles. The van der Waals surface area contributed by atoms with Crippen molar-refractivity contribution in [3.8, 4) is 0 Å². The fourth-order valence-electron chi connectivity index (χ4n) is 2.43. The van der Waals surface area contributed by atoms with Crippen LogP contribution in [0.4, 0.5) is 0 Å². The Morgan fingerprint density at radius 1 is 1.37 bits per heavy atom. The normalized spacial score (nSPS) is 27.2. The van der Waals surface area contributed by atoms with Crippen molar-refractivity contribution in [3.63, 3.8) is 0 Å².